The van der Waals surface area contributed by atoms with Crippen LogP contribution in [0.1, 0.15) is 44.9 Å². The first-order valence-electron chi connectivity index (χ1n) is 5.20. The molecule has 0 aromatic carbocycles. The quantitative estimate of drug-likeness (QED) is 0.677. The number of likely N-dealkylation sites (N-methyl/N-ethyl adjacent to an activating group) is 1. The van der Waals surface area contributed by atoms with Crippen molar-refractivity contribution in [1.82, 2.24) is 5.32 Å². The summed E-state index contributed by atoms with van der Waals surface area (Å²) in [6.45, 7) is 0. The van der Waals surface area contributed by atoms with Gasteiger partial charge in [0.15, 0.2) is 0 Å². The maximum atomic E-state index is 11.3. The third-order valence-corrected chi connectivity index (χ3v) is 3.16. The lowest BCUT2D eigenvalue weighted by atomic mass is 9.83. The molecule has 1 saturated carbocycles. The van der Waals surface area contributed by atoms with Crippen LogP contribution in [-0.2, 0) is 4.79 Å². The van der Waals surface area contributed by atoms with Crippen LogP contribution in [0, 0.1) is 0 Å². The van der Waals surface area contributed by atoms with E-state index < -0.39 is 5.54 Å². The van der Waals surface area contributed by atoms with Crippen LogP contribution < -0.4 is 11.1 Å². The molecule has 1 aliphatic rings. The Kier molecular flexibility index (Phi) is 3.72. The highest BCUT2D eigenvalue weighted by atomic mass is 16.1. The van der Waals surface area contributed by atoms with Crippen molar-refractivity contribution in [3.05, 3.63) is 0 Å². The second kappa shape index (κ2) is 4.61. The highest BCUT2D eigenvalue weighted by Crippen LogP contribution is 2.25. The predicted octanol–water partition coefficient (Wildman–Crippen LogP) is 1.17. The van der Waals surface area contributed by atoms with Crippen molar-refractivity contribution in [2.45, 2.75) is 50.5 Å². The van der Waals surface area contributed by atoms with Gasteiger partial charge in [-0.3, -0.25) is 4.79 Å². The van der Waals surface area contributed by atoms with E-state index in [0.717, 1.165) is 25.7 Å². The second-order valence-corrected chi connectivity index (χ2v) is 3.96. The molecule has 76 valence electrons. The minimum absolute atomic E-state index is 0.183. The lowest BCUT2D eigenvalue weighted by Crippen LogP contribution is -2.54. The van der Waals surface area contributed by atoms with Crippen LogP contribution in [0.3, 0.4) is 0 Å². The molecule has 0 spiro atoms. The molecule has 0 atom stereocenters. The van der Waals surface area contributed by atoms with E-state index >= 15 is 0 Å². The summed E-state index contributed by atoms with van der Waals surface area (Å²) in [7, 11) is 1.84. The van der Waals surface area contributed by atoms with Gasteiger partial charge in [0.1, 0.15) is 0 Å². The van der Waals surface area contributed by atoms with Gasteiger partial charge >= 0.3 is 0 Å². The van der Waals surface area contributed by atoms with Crippen LogP contribution in [0.4, 0.5) is 0 Å². The first-order chi connectivity index (χ1) is 6.21. The fourth-order valence-corrected chi connectivity index (χ4v) is 2.13. The number of hydrogen-bond acceptors (Lipinski definition) is 2. The van der Waals surface area contributed by atoms with Crippen LogP contribution in [0.15, 0.2) is 0 Å². The van der Waals surface area contributed by atoms with Crippen molar-refractivity contribution >= 4 is 5.91 Å². The fraction of sp³-hybridized carbons (Fsp3) is 0.900. The van der Waals surface area contributed by atoms with Gasteiger partial charge in [-0.1, -0.05) is 32.1 Å². The van der Waals surface area contributed by atoms with Crippen LogP contribution in [0.2, 0.25) is 0 Å². The molecule has 13 heavy (non-hydrogen) atoms. The van der Waals surface area contributed by atoms with E-state index in [1.807, 2.05) is 7.05 Å². The van der Waals surface area contributed by atoms with E-state index in [1.165, 1.54) is 19.3 Å². The Morgan fingerprint density at radius 3 is 2.00 bits per heavy atom. The normalized spacial score (nSPS) is 23.2. The molecule has 1 rings (SSSR count). The molecule has 3 heteroatoms. The van der Waals surface area contributed by atoms with Crippen molar-refractivity contribution in [2.75, 3.05) is 7.05 Å². The minimum atomic E-state index is -0.416. The summed E-state index contributed by atoms with van der Waals surface area (Å²) in [5, 5.41) is 3.11. The molecule has 1 fully saturated rings. The number of primary amides is 1. The van der Waals surface area contributed by atoms with Gasteiger partial charge in [-0.15, -0.1) is 0 Å². The van der Waals surface area contributed by atoms with Crippen molar-refractivity contribution in [1.29, 1.82) is 0 Å². The lowest BCUT2D eigenvalue weighted by Gasteiger charge is -2.31. The molecule has 1 aliphatic carbocycles. The molecule has 0 aliphatic heterocycles. The summed E-state index contributed by atoms with van der Waals surface area (Å²) in [4.78, 5) is 11.3. The monoisotopic (exact) mass is 184 g/mol. The Morgan fingerprint density at radius 2 is 1.62 bits per heavy atom. The second-order valence-electron chi connectivity index (χ2n) is 3.96. The van der Waals surface area contributed by atoms with Gasteiger partial charge in [-0.25, -0.2) is 0 Å². The highest BCUT2D eigenvalue weighted by molar-refractivity contribution is 5.84. The Balaban J connectivity index is 2.63. The van der Waals surface area contributed by atoms with Gasteiger partial charge in [-0.2, -0.15) is 0 Å². The Morgan fingerprint density at radius 1 is 1.15 bits per heavy atom. The van der Waals surface area contributed by atoms with E-state index in [2.05, 4.69) is 5.32 Å². The third kappa shape index (κ3) is 2.44. The molecule has 0 unspecified atom stereocenters. The number of carbonyl (C=O) groups excluding carboxylic acids is 1. The maximum Gasteiger partial charge on any atom is 0.237 e. The average Bonchev–Trinajstić information content (AvgIpc) is 2.04. The Bertz CT molecular complexity index is 172. The molecule has 0 saturated heterocycles. The van der Waals surface area contributed by atoms with Crippen LogP contribution in [-0.4, -0.2) is 18.5 Å². The summed E-state index contributed by atoms with van der Waals surface area (Å²) in [6, 6.07) is 0. The summed E-state index contributed by atoms with van der Waals surface area (Å²) < 4.78 is 0. The maximum absolute atomic E-state index is 11.3. The molecular weight excluding hydrogens is 164 g/mol. The lowest BCUT2D eigenvalue weighted by molar-refractivity contribution is -0.125. The molecule has 1 amide bonds. The van der Waals surface area contributed by atoms with E-state index in [4.69, 9.17) is 5.73 Å². The topological polar surface area (TPSA) is 55.1 Å². The molecule has 0 bridgehead atoms. The molecule has 0 heterocycles. The van der Waals surface area contributed by atoms with Crippen LogP contribution in [0.25, 0.3) is 0 Å². The minimum Gasteiger partial charge on any atom is -0.368 e. The van der Waals surface area contributed by atoms with Crippen molar-refractivity contribution < 1.29 is 4.79 Å². The van der Waals surface area contributed by atoms with Gasteiger partial charge < -0.3 is 11.1 Å². The first-order valence-corrected chi connectivity index (χ1v) is 5.20. The van der Waals surface area contributed by atoms with Crippen molar-refractivity contribution in [2.24, 2.45) is 5.73 Å². The van der Waals surface area contributed by atoms with Gasteiger partial charge in [0, 0.05) is 0 Å². The molecule has 0 aromatic rings. The third-order valence-electron chi connectivity index (χ3n) is 3.16. The molecule has 3 nitrogen and oxygen atoms in total. The summed E-state index contributed by atoms with van der Waals surface area (Å²) >= 11 is 0. The molecule has 3 N–H and O–H groups in total. The molecule has 0 radical (unpaired) electrons. The van der Waals surface area contributed by atoms with Crippen LogP contribution in [0.5, 0.6) is 0 Å². The summed E-state index contributed by atoms with van der Waals surface area (Å²) in [6.07, 6.45) is 7.80. The van der Waals surface area contributed by atoms with Gasteiger partial charge in [0.25, 0.3) is 0 Å². The largest absolute Gasteiger partial charge is 0.368 e. The Hall–Kier alpha value is -0.570. The fourth-order valence-electron chi connectivity index (χ4n) is 2.13. The SMILES string of the molecule is CNC1(C(N)=O)CCCCCCC1. The van der Waals surface area contributed by atoms with Crippen LogP contribution >= 0.6 is 0 Å². The van der Waals surface area contributed by atoms with E-state index in [0.29, 0.717) is 0 Å². The van der Waals surface area contributed by atoms with E-state index in [1.54, 1.807) is 0 Å². The number of nitrogens with one attached hydrogen (secondary N) is 1. The number of amides is 1. The van der Waals surface area contributed by atoms with Gasteiger partial charge in [0.2, 0.25) is 5.91 Å². The highest BCUT2D eigenvalue weighted by Gasteiger charge is 2.34. The zero-order valence-corrected chi connectivity index (χ0v) is 8.44. The smallest absolute Gasteiger partial charge is 0.237 e. The number of rotatable bonds is 2. The zero-order chi connectivity index (χ0) is 9.73. The average molecular weight is 184 g/mol. The predicted molar refractivity (Wildman–Crippen MR) is 53.3 cm³/mol. The summed E-state index contributed by atoms with van der Waals surface area (Å²) in [5.74, 6) is -0.183. The number of hydrogen-bond donors (Lipinski definition) is 2. The van der Waals surface area contributed by atoms with Crippen molar-refractivity contribution in [3.63, 3.8) is 0 Å². The van der Waals surface area contributed by atoms with Gasteiger partial charge in [0.05, 0.1) is 5.54 Å². The number of nitrogens with two attached hydrogens (primary N) is 1. The molecule has 0 aromatic heterocycles. The van der Waals surface area contributed by atoms with E-state index in [9.17, 15) is 4.79 Å². The van der Waals surface area contributed by atoms with E-state index in [-0.39, 0.29) is 5.91 Å². The zero-order valence-electron chi connectivity index (χ0n) is 8.44. The first kappa shape index (κ1) is 10.5. The Labute approximate surface area is 80.1 Å². The standard InChI is InChI=1S/C10H20N2O/c1-12-10(9(11)13)7-5-3-2-4-6-8-10/h12H,2-8H2,1H3,(H2,11,13). The number of carbonyl (C=O) groups is 1. The van der Waals surface area contributed by atoms with Crippen molar-refractivity contribution in [3.8, 4) is 0 Å². The molecular formula is C10H20N2O. The van der Waals surface area contributed by atoms with Gasteiger partial charge in [-0.05, 0) is 19.9 Å². The summed E-state index contributed by atoms with van der Waals surface area (Å²) in [5.41, 5.74) is 5.02.